The third-order valence-electron chi connectivity index (χ3n) is 3.70. The summed E-state index contributed by atoms with van der Waals surface area (Å²) in [5.41, 5.74) is 0. The molecule has 21 heavy (non-hydrogen) atoms. The van der Waals surface area contributed by atoms with Crippen molar-refractivity contribution in [3.05, 3.63) is 30.3 Å². The maximum atomic E-state index is 12.5. The second kappa shape index (κ2) is 7.24. The van der Waals surface area contributed by atoms with Gasteiger partial charge in [0.2, 0.25) is 10.0 Å². The van der Waals surface area contributed by atoms with E-state index in [0.717, 1.165) is 19.5 Å². The van der Waals surface area contributed by atoms with Gasteiger partial charge in [0.1, 0.15) is 12.4 Å². The number of rotatable bonds is 5. The molecule has 1 aliphatic rings. The van der Waals surface area contributed by atoms with E-state index in [2.05, 4.69) is 4.90 Å². The molecule has 1 saturated heterocycles. The van der Waals surface area contributed by atoms with Crippen LogP contribution >= 0.6 is 0 Å². The lowest BCUT2D eigenvalue weighted by Gasteiger charge is -2.27. The fourth-order valence-electron chi connectivity index (χ4n) is 2.66. The van der Waals surface area contributed by atoms with Crippen LogP contribution in [0.15, 0.2) is 30.3 Å². The third kappa shape index (κ3) is 4.69. The largest absolute Gasteiger partial charge is 0.492 e. The molecule has 0 saturated carbocycles. The van der Waals surface area contributed by atoms with Gasteiger partial charge in [0.15, 0.2) is 0 Å². The van der Waals surface area contributed by atoms with Crippen LogP contribution in [0.1, 0.15) is 13.3 Å². The van der Waals surface area contributed by atoms with Crippen LogP contribution in [-0.2, 0) is 10.0 Å². The summed E-state index contributed by atoms with van der Waals surface area (Å²) in [6, 6.07) is 9.32. The van der Waals surface area contributed by atoms with Crippen LogP contribution in [0.2, 0.25) is 0 Å². The topological polar surface area (TPSA) is 49.9 Å². The van der Waals surface area contributed by atoms with E-state index < -0.39 is 10.0 Å². The maximum absolute atomic E-state index is 12.5. The van der Waals surface area contributed by atoms with Gasteiger partial charge in [-0.15, -0.1) is 0 Å². The van der Waals surface area contributed by atoms with E-state index in [1.807, 2.05) is 44.3 Å². The number of sulfonamides is 1. The summed E-state index contributed by atoms with van der Waals surface area (Å²) in [7, 11) is -1.23. The van der Waals surface area contributed by atoms with Gasteiger partial charge in [0.25, 0.3) is 0 Å². The summed E-state index contributed by atoms with van der Waals surface area (Å²) >= 11 is 0. The van der Waals surface area contributed by atoms with Gasteiger partial charge in [-0.3, -0.25) is 0 Å². The Morgan fingerprint density at radius 3 is 2.67 bits per heavy atom. The molecule has 118 valence electrons. The molecule has 0 aliphatic carbocycles. The zero-order valence-corrected chi connectivity index (χ0v) is 13.6. The van der Waals surface area contributed by atoms with E-state index in [1.165, 1.54) is 0 Å². The number of likely N-dealkylation sites (N-methyl/N-ethyl adjacent to an activating group) is 1. The Hall–Kier alpha value is -1.11. The molecule has 0 N–H and O–H groups in total. The van der Waals surface area contributed by atoms with Crippen molar-refractivity contribution in [2.75, 3.05) is 39.0 Å². The molecule has 1 atom stereocenters. The quantitative estimate of drug-likeness (QED) is 0.825. The van der Waals surface area contributed by atoms with Gasteiger partial charge in [-0.2, -0.15) is 4.31 Å². The molecule has 0 radical (unpaired) electrons. The van der Waals surface area contributed by atoms with Gasteiger partial charge in [-0.25, -0.2) is 8.42 Å². The lowest BCUT2D eigenvalue weighted by molar-refractivity contribution is 0.286. The maximum Gasteiger partial charge on any atom is 0.217 e. The van der Waals surface area contributed by atoms with Gasteiger partial charge >= 0.3 is 0 Å². The highest BCUT2D eigenvalue weighted by molar-refractivity contribution is 7.89. The second-order valence-electron chi connectivity index (χ2n) is 5.55. The van der Waals surface area contributed by atoms with E-state index in [0.29, 0.717) is 12.3 Å². The zero-order valence-electron chi connectivity index (χ0n) is 12.7. The normalized spacial score (nSPS) is 21.9. The highest BCUT2D eigenvalue weighted by atomic mass is 32.2. The van der Waals surface area contributed by atoms with E-state index in [4.69, 9.17) is 4.74 Å². The highest BCUT2D eigenvalue weighted by Gasteiger charge is 2.29. The van der Waals surface area contributed by atoms with Crippen molar-refractivity contribution in [3.8, 4) is 5.75 Å². The molecule has 2 rings (SSSR count). The first-order valence-electron chi connectivity index (χ1n) is 7.35. The molecule has 0 spiro atoms. The Bertz CT molecular complexity index is 533. The van der Waals surface area contributed by atoms with E-state index >= 15 is 0 Å². The predicted molar refractivity (Wildman–Crippen MR) is 84.0 cm³/mol. The van der Waals surface area contributed by atoms with Crippen molar-refractivity contribution in [2.45, 2.75) is 19.4 Å². The van der Waals surface area contributed by atoms with Crippen molar-refractivity contribution in [3.63, 3.8) is 0 Å². The first kappa shape index (κ1) is 16.3. The summed E-state index contributed by atoms with van der Waals surface area (Å²) < 4.78 is 32.1. The van der Waals surface area contributed by atoms with Crippen LogP contribution in [0.25, 0.3) is 0 Å². The fourth-order valence-corrected chi connectivity index (χ4v) is 4.21. The predicted octanol–water partition coefficient (Wildman–Crippen LogP) is 1.42. The number of hydrogen-bond acceptors (Lipinski definition) is 4. The van der Waals surface area contributed by atoms with Crippen molar-refractivity contribution in [1.29, 1.82) is 0 Å². The molecule has 0 amide bonds. The molecular formula is C15H24N2O3S. The number of para-hydroxylation sites is 1. The lowest BCUT2D eigenvalue weighted by Crippen LogP contribution is -2.43. The Balaban J connectivity index is 1.91. The van der Waals surface area contributed by atoms with Crippen LogP contribution < -0.4 is 4.74 Å². The van der Waals surface area contributed by atoms with Crippen molar-refractivity contribution < 1.29 is 13.2 Å². The fraction of sp³-hybridized carbons (Fsp3) is 0.600. The molecule has 1 fully saturated rings. The van der Waals surface area contributed by atoms with Gasteiger partial charge in [-0.1, -0.05) is 18.2 Å². The standard InChI is InChI=1S/C15H24N2O3S/c1-14-13-16(2)9-6-10-17(14)21(18,19)12-11-20-15-7-4-3-5-8-15/h3-5,7-8,14H,6,9-13H2,1-2H3/t14-/m1/s1. The smallest absolute Gasteiger partial charge is 0.217 e. The summed E-state index contributed by atoms with van der Waals surface area (Å²) in [6.45, 7) is 4.47. The minimum atomic E-state index is -3.27. The Morgan fingerprint density at radius 1 is 1.24 bits per heavy atom. The minimum absolute atomic E-state index is 0.0132. The molecule has 6 heteroatoms. The van der Waals surface area contributed by atoms with Gasteiger partial charge in [-0.05, 0) is 39.1 Å². The van der Waals surface area contributed by atoms with Crippen LogP contribution in [0.4, 0.5) is 0 Å². The Labute approximate surface area is 127 Å². The molecule has 5 nitrogen and oxygen atoms in total. The molecule has 0 aromatic heterocycles. The van der Waals surface area contributed by atoms with E-state index in [1.54, 1.807) is 4.31 Å². The first-order chi connectivity index (χ1) is 9.99. The summed E-state index contributed by atoms with van der Waals surface area (Å²) in [4.78, 5) is 2.18. The average molecular weight is 312 g/mol. The van der Waals surface area contributed by atoms with Gasteiger partial charge in [0, 0.05) is 19.1 Å². The van der Waals surface area contributed by atoms with Crippen LogP contribution in [0.5, 0.6) is 5.75 Å². The summed E-state index contributed by atoms with van der Waals surface area (Å²) in [5, 5.41) is 0. The molecule has 1 aromatic carbocycles. The number of nitrogens with zero attached hydrogens (tertiary/aromatic N) is 2. The van der Waals surface area contributed by atoms with E-state index in [-0.39, 0.29) is 18.4 Å². The molecule has 0 bridgehead atoms. The summed E-state index contributed by atoms with van der Waals surface area (Å²) in [5.74, 6) is 0.729. The molecule has 1 aromatic rings. The minimum Gasteiger partial charge on any atom is -0.492 e. The van der Waals surface area contributed by atoms with Crippen molar-refractivity contribution >= 4 is 10.0 Å². The Kier molecular flexibility index (Phi) is 5.61. The number of ether oxygens (including phenoxy) is 1. The van der Waals surface area contributed by atoms with Gasteiger partial charge < -0.3 is 9.64 Å². The molecular weight excluding hydrogens is 288 g/mol. The molecule has 0 unspecified atom stereocenters. The zero-order chi connectivity index (χ0) is 15.3. The second-order valence-corrected chi connectivity index (χ2v) is 7.59. The van der Waals surface area contributed by atoms with Gasteiger partial charge in [0.05, 0.1) is 5.75 Å². The monoisotopic (exact) mass is 312 g/mol. The molecule has 1 aliphatic heterocycles. The SMILES string of the molecule is C[C@@H]1CN(C)CCCN1S(=O)(=O)CCOc1ccccc1. The van der Waals surface area contributed by atoms with Crippen LogP contribution in [0.3, 0.4) is 0 Å². The van der Waals surface area contributed by atoms with Crippen LogP contribution in [0, 0.1) is 0 Å². The van der Waals surface area contributed by atoms with Crippen molar-refractivity contribution in [2.24, 2.45) is 0 Å². The van der Waals surface area contributed by atoms with Crippen LogP contribution in [-0.4, -0.2) is 62.7 Å². The van der Waals surface area contributed by atoms with E-state index in [9.17, 15) is 8.42 Å². The Morgan fingerprint density at radius 2 is 1.95 bits per heavy atom. The third-order valence-corrected chi connectivity index (χ3v) is 5.64. The number of hydrogen-bond donors (Lipinski definition) is 0. The molecule has 1 heterocycles. The number of benzene rings is 1. The first-order valence-corrected chi connectivity index (χ1v) is 8.96. The lowest BCUT2D eigenvalue weighted by atomic mass is 10.3. The summed E-state index contributed by atoms with van der Waals surface area (Å²) in [6.07, 6.45) is 0.875. The highest BCUT2D eigenvalue weighted by Crippen LogP contribution is 2.15. The van der Waals surface area contributed by atoms with Crippen molar-refractivity contribution in [1.82, 2.24) is 9.21 Å². The average Bonchev–Trinajstić information content (AvgIpc) is 2.60.